The van der Waals surface area contributed by atoms with E-state index in [1.165, 1.54) is 0 Å². The van der Waals surface area contributed by atoms with Crippen LogP contribution in [0.1, 0.15) is 21.6 Å². The third kappa shape index (κ3) is 4.26. The van der Waals surface area contributed by atoms with Gasteiger partial charge in [0.05, 0.1) is 22.6 Å². The molecule has 0 aliphatic carbocycles. The molecule has 3 rings (SSSR count). The van der Waals surface area contributed by atoms with E-state index >= 15 is 0 Å². The summed E-state index contributed by atoms with van der Waals surface area (Å²) in [5.74, 6) is 0.438. The first-order valence-corrected chi connectivity index (χ1v) is 9.08. The minimum atomic E-state index is -0.176. The summed E-state index contributed by atoms with van der Waals surface area (Å²) in [6, 6.07) is 12.7. The van der Waals surface area contributed by atoms with E-state index in [4.69, 9.17) is 16.3 Å². The van der Waals surface area contributed by atoms with Crippen LogP contribution in [0.15, 0.2) is 53.1 Å². The van der Waals surface area contributed by atoms with E-state index in [0.29, 0.717) is 28.6 Å². The van der Waals surface area contributed by atoms with Crippen molar-refractivity contribution in [1.29, 1.82) is 0 Å². The molecule has 1 amide bonds. The molecule has 1 N–H and O–H groups in total. The zero-order valence-corrected chi connectivity index (χ0v) is 16.6. The summed E-state index contributed by atoms with van der Waals surface area (Å²) in [7, 11) is 1.83. The van der Waals surface area contributed by atoms with Crippen LogP contribution in [0, 0.1) is 6.92 Å². The second-order valence-corrected chi connectivity index (χ2v) is 7.10. The highest BCUT2D eigenvalue weighted by atomic mass is 79.9. The van der Waals surface area contributed by atoms with Gasteiger partial charge in [-0.25, -0.2) is 0 Å². The van der Waals surface area contributed by atoms with Crippen molar-refractivity contribution in [3.8, 4) is 5.75 Å². The summed E-state index contributed by atoms with van der Waals surface area (Å²) in [6.07, 6.45) is 1.64. The van der Waals surface area contributed by atoms with E-state index in [9.17, 15) is 4.79 Å². The number of hydrogen-bond acceptors (Lipinski definition) is 3. The third-order valence-electron chi connectivity index (χ3n) is 3.99. The highest BCUT2D eigenvalue weighted by Gasteiger charge is 2.10. The molecular weight excluding hydrogens is 418 g/mol. The Morgan fingerprint density at radius 1 is 1.27 bits per heavy atom. The molecule has 0 fully saturated rings. The maximum Gasteiger partial charge on any atom is 0.255 e. The molecule has 0 unspecified atom stereocenters. The molecule has 1 heterocycles. The number of hydrogen-bond donors (Lipinski definition) is 1. The number of nitrogens with one attached hydrogen (secondary N) is 1. The fourth-order valence-corrected chi connectivity index (χ4v) is 3.05. The van der Waals surface area contributed by atoms with Crippen LogP contribution in [0.5, 0.6) is 5.75 Å². The summed E-state index contributed by atoms with van der Waals surface area (Å²) in [5.41, 5.74) is 3.11. The Balaban J connectivity index is 1.62. The molecule has 3 aromatic rings. The van der Waals surface area contributed by atoms with Crippen molar-refractivity contribution in [2.45, 2.75) is 13.5 Å². The van der Waals surface area contributed by atoms with Gasteiger partial charge in [-0.1, -0.05) is 39.7 Å². The second kappa shape index (κ2) is 7.93. The minimum absolute atomic E-state index is 0.176. The monoisotopic (exact) mass is 433 g/mol. The maximum atomic E-state index is 12.3. The highest BCUT2D eigenvalue weighted by molar-refractivity contribution is 9.10. The standard InChI is InChI=1S/C19H17BrClN3O2/c1-12-17(10-22-24(12)2)23-19(25)14-5-3-13(4-6-14)11-26-18-8-7-15(20)9-16(18)21/h3-10H,11H2,1-2H3,(H,23,25). The summed E-state index contributed by atoms with van der Waals surface area (Å²) < 4.78 is 8.34. The summed E-state index contributed by atoms with van der Waals surface area (Å²) in [5, 5.41) is 7.52. The number of carbonyl (C=O) groups is 1. The summed E-state index contributed by atoms with van der Waals surface area (Å²) in [6.45, 7) is 2.27. The lowest BCUT2D eigenvalue weighted by Crippen LogP contribution is -2.12. The number of aromatic nitrogens is 2. The number of rotatable bonds is 5. The van der Waals surface area contributed by atoms with Crippen molar-refractivity contribution in [3.63, 3.8) is 0 Å². The zero-order valence-electron chi connectivity index (χ0n) is 14.3. The first kappa shape index (κ1) is 18.5. The van der Waals surface area contributed by atoms with Crippen molar-refractivity contribution < 1.29 is 9.53 Å². The van der Waals surface area contributed by atoms with Gasteiger partial charge in [-0.05, 0) is 42.8 Å². The Hall–Kier alpha value is -2.31. The molecule has 5 nitrogen and oxygen atoms in total. The Labute approximate surface area is 165 Å². The van der Waals surface area contributed by atoms with Crippen LogP contribution in [0.3, 0.4) is 0 Å². The molecule has 134 valence electrons. The van der Waals surface area contributed by atoms with Crippen molar-refractivity contribution in [2.24, 2.45) is 7.05 Å². The minimum Gasteiger partial charge on any atom is -0.487 e. The van der Waals surface area contributed by atoms with Crippen molar-refractivity contribution in [1.82, 2.24) is 9.78 Å². The molecule has 0 aliphatic heterocycles. The molecule has 26 heavy (non-hydrogen) atoms. The van der Waals surface area contributed by atoms with Gasteiger partial charge in [0.25, 0.3) is 5.91 Å². The smallest absolute Gasteiger partial charge is 0.255 e. The largest absolute Gasteiger partial charge is 0.487 e. The normalized spacial score (nSPS) is 10.6. The SMILES string of the molecule is Cc1c(NC(=O)c2ccc(COc3ccc(Br)cc3Cl)cc2)cnn1C. The molecule has 7 heteroatoms. The lowest BCUT2D eigenvalue weighted by molar-refractivity contribution is 0.102. The van der Waals surface area contributed by atoms with Crippen molar-refractivity contribution in [2.75, 3.05) is 5.32 Å². The van der Waals surface area contributed by atoms with Gasteiger partial charge in [0.15, 0.2) is 0 Å². The first-order valence-electron chi connectivity index (χ1n) is 7.91. The van der Waals surface area contributed by atoms with E-state index in [0.717, 1.165) is 15.7 Å². The van der Waals surface area contributed by atoms with E-state index in [1.807, 2.05) is 38.2 Å². The van der Waals surface area contributed by atoms with Crippen LogP contribution >= 0.6 is 27.5 Å². The Morgan fingerprint density at radius 3 is 2.62 bits per heavy atom. The number of benzene rings is 2. The Kier molecular flexibility index (Phi) is 5.64. The Bertz CT molecular complexity index is 938. The molecular formula is C19H17BrClN3O2. The molecule has 0 atom stereocenters. The van der Waals surface area contributed by atoms with Crippen LogP contribution in [-0.2, 0) is 13.7 Å². The number of ether oxygens (including phenoxy) is 1. The van der Waals surface area contributed by atoms with Crippen molar-refractivity contribution in [3.05, 3.63) is 75.0 Å². The van der Waals surface area contributed by atoms with Gasteiger partial charge < -0.3 is 10.1 Å². The number of carbonyl (C=O) groups excluding carboxylic acids is 1. The molecule has 1 aromatic heterocycles. The number of nitrogens with zero attached hydrogens (tertiary/aromatic N) is 2. The fraction of sp³-hybridized carbons (Fsp3) is 0.158. The molecule has 0 spiro atoms. The lowest BCUT2D eigenvalue weighted by Gasteiger charge is -2.09. The average molecular weight is 435 g/mol. The molecule has 0 aliphatic rings. The van der Waals surface area contributed by atoms with Crippen LogP contribution in [-0.4, -0.2) is 15.7 Å². The van der Waals surface area contributed by atoms with Crippen LogP contribution in [0.2, 0.25) is 5.02 Å². The van der Waals surface area contributed by atoms with Crippen LogP contribution in [0.4, 0.5) is 5.69 Å². The van der Waals surface area contributed by atoms with Gasteiger partial charge in [0, 0.05) is 17.1 Å². The number of anilines is 1. The van der Waals surface area contributed by atoms with Crippen molar-refractivity contribution >= 4 is 39.1 Å². The summed E-state index contributed by atoms with van der Waals surface area (Å²) in [4.78, 5) is 12.3. The maximum absolute atomic E-state index is 12.3. The highest BCUT2D eigenvalue weighted by Crippen LogP contribution is 2.28. The van der Waals surface area contributed by atoms with Gasteiger partial charge in [-0.15, -0.1) is 0 Å². The van der Waals surface area contributed by atoms with Gasteiger partial charge >= 0.3 is 0 Å². The average Bonchev–Trinajstić information content (AvgIpc) is 2.93. The number of halogens is 2. The van der Waals surface area contributed by atoms with E-state index in [2.05, 4.69) is 26.3 Å². The molecule has 0 saturated carbocycles. The molecule has 2 aromatic carbocycles. The molecule has 0 radical (unpaired) electrons. The molecule has 0 bridgehead atoms. The Morgan fingerprint density at radius 2 is 2.00 bits per heavy atom. The number of aryl methyl sites for hydroxylation is 1. The van der Waals surface area contributed by atoms with Gasteiger partial charge in [-0.2, -0.15) is 5.10 Å². The summed E-state index contributed by atoms with van der Waals surface area (Å²) >= 11 is 9.50. The van der Waals surface area contributed by atoms with Crippen LogP contribution in [0.25, 0.3) is 0 Å². The van der Waals surface area contributed by atoms with Gasteiger partial charge in [0.2, 0.25) is 0 Å². The van der Waals surface area contributed by atoms with E-state index < -0.39 is 0 Å². The van der Waals surface area contributed by atoms with E-state index in [-0.39, 0.29) is 5.91 Å². The van der Waals surface area contributed by atoms with E-state index in [1.54, 1.807) is 29.1 Å². The quantitative estimate of drug-likeness (QED) is 0.616. The first-order chi connectivity index (χ1) is 12.4. The van der Waals surface area contributed by atoms with Gasteiger partial charge in [0.1, 0.15) is 12.4 Å². The topological polar surface area (TPSA) is 56.1 Å². The van der Waals surface area contributed by atoms with Crippen LogP contribution < -0.4 is 10.1 Å². The fourth-order valence-electron chi connectivity index (χ4n) is 2.32. The predicted molar refractivity (Wildman–Crippen MR) is 106 cm³/mol. The lowest BCUT2D eigenvalue weighted by atomic mass is 10.1. The third-order valence-corrected chi connectivity index (χ3v) is 4.78. The zero-order chi connectivity index (χ0) is 18.7. The van der Waals surface area contributed by atoms with Gasteiger partial charge in [-0.3, -0.25) is 9.48 Å². The number of amides is 1. The second-order valence-electron chi connectivity index (χ2n) is 5.78. The predicted octanol–water partition coefficient (Wildman–Crippen LogP) is 4.98. The molecule has 0 saturated heterocycles.